The molecule has 0 fully saturated rings. The zero-order valence-corrected chi connectivity index (χ0v) is 45.9. The molecule has 1 aliphatic carbocycles. The number of benzene rings is 7. The molecular formula is C69H71BN2OS. The van der Waals surface area contributed by atoms with Crippen LogP contribution in [0.3, 0.4) is 0 Å². The minimum Gasteiger partial charge on any atom is -0.468 e. The topological polar surface area (TPSA) is 19.6 Å². The summed E-state index contributed by atoms with van der Waals surface area (Å²) in [6.45, 7) is 30.4. The minimum atomic E-state index is -0.724. The molecule has 5 heteroatoms. The molecule has 2 aliphatic heterocycles. The molecule has 0 amide bonds. The molecule has 0 N–H and O–H groups in total. The van der Waals surface area contributed by atoms with Crippen LogP contribution in [-0.4, -0.2) is 6.71 Å². The number of furan rings is 1. The minimum absolute atomic E-state index is 0.0961. The van der Waals surface area contributed by atoms with E-state index in [4.69, 9.17) is 12.6 Å². The Hall–Kier alpha value is -6.56. The second-order valence-electron chi connectivity index (χ2n) is 25.2. The van der Waals surface area contributed by atoms with E-state index < -0.39 is 108 Å². The lowest BCUT2D eigenvalue weighted by atomic mass is 9.34. The quantitative estimate of drug-likeness (QED) is 0.160. The fraction of sp³-hybridized carbons (Fsp3) is 0.304. The van der Waals surface area contributed by atoms with Gasteiger partial charge in [0.1, 0.15) is 5.58 Å². The number of fused-ring (bicyclic) bond motifs is 8. The van der Waals surface area contributed by atoms with Gasteiger partial charge in [0.2, 0.25) is 0 Å². The van der Waals surface area contributed by atoms with Crippen LogP contribution in [0.1, 0.15) is 153 Å². The van der Waals surface area contributed by atoms with E-state index in [9.17, 15) is 9.60 Å². The summed E-state index contributed by atoms with van der Waals surface area (Å²) >= 11 is 1.82. The molecule has 3 aliphatic rings. The first-order valence-electron chi connectivity index (χ1n) is 32.4. The zero-order chi connectivity index (χ0) is 63.3. The first-order chi connectivity index (χ1) is 40.4. The largest absolute Gasteiger partial charge is 0.468 e. The maximum Gasteiger partial charge on any atom is 0.298 e. The lowest BCUT2D eigenvalue weighted by Gasteiger charge is -2.44. The summed E-state index contributed by atoms with van der Waals surface area (Å²) < 4.78 is 129. The van der Waals surface area contributed by atoms with Crippen molar-refractivity contribution in [3.8, 4) is 33.4 Å². The predicted molar refractivity (Wildman–Crippen MR) is 321 cm³/mol. The second kappa shape index (κ2) is 16.7. The van der Waals surface area contributed by atoms with Gasteiger partial charge in [-0.15, -0.1) is 11.3 Å². The molecule has 0 unspecified atom stereocenters. The summed E-state index contributed by atoms with van der Waals surface area (Å²) in [5.41, 5.74) is 9.58. The summed E-state index contributed by atoms with van der Waals surface area (Å²) in [5.74, 6) is 0. The molecule has 3 nitrogen and oxygen atoms in total. The van der Waals surface area contributed by atoms with Gasteiger partial charge in [0.25, 0.3) is 6.71 Å². The van der Waals surface area contributed by atoms with Crippen LogP contribution < -0.4 is 26.4 Å². The van der Waals surface area contributed by atoms with Crippen LogP contribution in [0.2, 0.25) is 0 Å². The summed E-state index contributed by atoms with van der Waals surface area (Å²) in [4.78, 5) is 5.47. The third kappa shape index (κ3) is 7.82. The van der Waals surface area contributed by atoms with Gasteiger partial charge in [-0.2, -0.15) is 0 Å². The van der Waals surface area contributed by atoms with Crippen molar-refractivity contribution in [2.24, 2.45) is 0 Å². The monoisotopic (exact) mass is 1000 g/mol. The molecular weight excluding hydrogens is 916 g/mol. The van der Waals surface area contributed by atoms with Crippen LogP contribution in [0, 0.1) is 6.92 Å². The van der Waals surface area contributed by atoms with E-state index in [0.29, 0.717) is 28.0 Å². The zero-order valence-electron chi connectivity index (χ0n) is 58.1. The molecule has 0 atom stereocenters. The highest BCUT2D eigenvalue weighted by molar-refractivity contribution is 7.20. The molecule has 12 rings (SSSR count). The molecule has 9 aromatic rings. The van der Waals surface area contributed by atoms with Crippen LogP contribution in [0.15, 0.2) is 156 Å². The molecule has 4 heterocycles. The first kappa shape index (κ1) is 35.6. The van der Waals surface area contributed by atoms with Crippen molar-refractivity contribution in [1.29, 1.82) is 0 Å². The number of anilines is 6. The highest BCUT2D eigenvalue weighted by Gasteiger charge is 2.53. The van der Waals surface area contributed by atoms with Crippen molar-refractivity contribution in [3.05, 3.63) is 184 Å². The molecule has 0 bridgehead atoms. The van der Waals surface area contributed by atoms with E-state index >= 15 is 0 Å². The molecule has 7 aromatic carbocycles. The van der Waals surface area contributed by atoms with Crippen LogP contribution in [0.25, 0.3) is 44.3 Å². The van der Waals surface area contributed by atoms with E-state index in [1.165, 1.54) is 16.0 Å². The Balaban J connectivity index is 1.30. The third-order valence-corrected chi connectivity index (χ3v) is 17.4. The lowest BCUT2D eigenvalue weighted by Crippen LogP contribution is -2.62. The maximum atomic E-state index is 10.7. The average molecular weight is 1000 g/mol. The van der Waals surface area contributed by atoms with Crippen molar-refractivity contribution in [2.45, 2.75) is 137 Å². The van der Waals surface area contributed by atoms with Crippen LogP contribution in [0.4, 0.5) is 33.4 Å². The Morgan fingerprint density at radius 1 is 0.554 bits per heavy atom. The van der Waals surface area contributed by atoms with Gasteiger partial charge >= 0.3 is 0 Å². The van der Waals surface area contributed by atoms with E-state index in [-0.39, 0.29) is 32.8 Å². The highest BCUT2D eigenvalue weighted by atomic mass is 32.1. The summed E-state index contributed by atoms with van der Waals surface area (Å²) in [5, 5.41) is 1.68. The summed E-state index contributed by atoms with van der Waals surface area (Å²) in [7, 11) is 0. The average Bonchev–Trinajstić information content (AvgIpc) is 1.61. The molecule has 0 saturated carbocycles. The van der Waals surface area contributed by atoms with Crippen molar-refractivity contribution in [1.82, 2.24) is 0 Å². The van der Waals surface area contributed by atoms with Gasteiger partial charge in [0.05, 0.1) is 39.9 Å². The molecule has 74 heavy (non-hydrogen) atoms. The maximum absolute atomic E-state index is 10.7. The van der Waals surface area contributed by atoms with E-state index in [2.05, 4.69) is 150 Å². The van der Waals surface area contributed by atoms with E-state index in [1.54, 1.807) is 4.90 Å². The fourth-order valence-electron chi connectivity index (χ4n) is 11.6. The van der Waals surface area contributed by atoms with Gasteiger partial charge in [0, 0.05) is 32.9 Å². The Bertz CT molecular complexity index is 4330. The van der Waals surface area contributed by atoms with Crippen LogP contribution in [-0.2, 0) is 27.1 Å². The van der Waals surface area contributed by atoms with Gasteiger partial charge in [-0.25, -0.2) is 0 Å². The van der Waals surface area contributed by atoms with Crippen molar-refractivity contribution >= 4 is 79.0 Å². The molecule has 0 radical (unpaired) electrons. The van der Waals surface area contributed by atoms with Gasteiger partial charge < -0.3 is 14.2 Å². The van der Waals surface area contributed by atoms with Crippen LogP contribution >= 0.6 is 11.3 Å². The Morgan fingerprint density at radius 3 is 1.69 bits per heavy atom. The second-order valence-corrected chi connectivity index (χ2v) is 26.2. The highest BCUT2D eigenvalue weighted by Crippen LogP contribution is 2.57. The van der Waals surface area contributed by atoms with Gasteiger partial charge in [-0.05, 0) is 168 Å². The Kier molecular flexibility index (Phi) is 8.05. The summed E-state index contributed by atoms with van der Waals surface area (Å²) in [6.07, 6.45) is 1.86. The van der Waals surface area contributed by atoms with Crippen molar-refractivity contribution < 1.29 is 22.2 Å². The molecule has 0 spiro atoms. The fourth-order valence-corrected chi connectivity index (χ4v) is 13.2. The van der Waals surface area contributed by atoms with Gasteiger partial charge in [0.15, 0.2) is 0 Å². The Morgan fingerprint density at radius 2 is 1.09 bits per heavy atom. The van der Waals surface area contributed by atoms with Gasteiger partial charge in [-0.3, -0.25) is 0 Å². The summed E-state index contributed by atoms with van der Waals surface area (Å²) in [6, 6.07) is 16.9. The predicted octanol–water partition coefficient (Wildman–Crippen LogP) is 18.1. The number of hydrogen-bond acceptors (Lipinski definition) is 4. The first-order valence-corrected chi connectivity index (χ1v) is 26.7. The third-order valence-electron chi connectivity index (χ3n) is 15.8. The van der Waals surface area contributed by atoms with Crippen LogP contribution in [0.5, 0.6) is 0 Å². The Labute approximate surface area is 463 Å². The number of hydrogen-bond donors (Lipinski definition) is 0. The van der Waals surface area contributed by atoms with Gasteiger partial charge in [-0.1, -0.05) is 187 Å². The number of rotatable bonds is 5. The SMILES string of the molecule is [2H]c1c([2H])c([2H])c(-c2c([2H])c(-c3c([2H])c([2H])c([2H])c([2H])c3[2H])c([2H])c(N3c4cc(C)cc5c4B(c4oc6ccc(C(C)(C)C)cc6c43)c3c(sc4c3C(C)(C)CCC4(C)C)N5c3ccc(C(C)(C)C)cc3-c3ccc(C(C)(C)C)cc3)c2[2H])c([2H])c1[2H]. The van der Waals surface area contributed by atoms with E-state index in [0.717, 1.165) is 68.0 Å². The lowest BCUT2D eigenvalue weighted by molar-refractivity contribution is 0.340. The number of aryl methyl sites for hydroxylation is 1. The van der Waals surface area contributed by atoms with E-state index in [1.807, 2.05) is 36.5 Å². The van der Waals surface area contributed by atoms with Crippen molar-refractivity contribution in [3.63, 3.8) is 0 Å². The number of thiophene rings is 1. The smallest absolute Gasteiger partial charge is 0.298 e. The normalized spacial score (nSPS) is 18.2. The standard InChI is InChI=1S/C69H71BN2OS/c1-42-35-55-59-56(36-42)72(54-31-29-49(66(5,6)7)40-52(54)45-25-27-48(28-26-45)65(2,3)4)64-60(58-62(74-64)69(13,14)34-33-68(58,11)12)70(59)63-61(53-41-50(67(8,9)10)30-32-57(53)73-63)71(55)51-38-46(43-21-17-15-18-22-43)37-47(39-51)44-23-19-16-20-24-44/h15-32,35-41H,33-34H2,1-14H3/i15D,16D,17D,18D,19D,20D,21D,22D,23D,24D,37D,38D,39D. The molecule has 2 aromatic heterocycles. The molecule has 372 valence electrons. The molecule has 0 saturated heterocycles. The van der Waals surface area contributed by atoms with Crippen molar-refractivity contribution in [2.75, 3.05) is 9.80 Å². The number of nitrogens with zero attached hydrogens (tertiary/aromatic N) is 2.